The maximum atomic E-state index is 11.2. The predicted molar refractivity (Wildman–Crippen MR) is 46.9 cm³/mol. The van der Waals surface area contributed by atoms with Crippen molar-refractivity contribution in [3.05, 3.63) is 12.7 Å². The monoisotopic (exact) mass is 172 g/mol. The fourth-order valence-electron chi connectivity index (χ4n) is 1.54. The number of halogens is 1. The van der Waals surface area contributed by atoms with Gasteiger partial charge >= 0.3 is 0 Å². The standard InChI is InChI=1S/C9H13ClO/c1-2-8(11)9(10)6-4-3-5-7-9/h2H,1,3-7H2. The van der Waals surface area contributed by atoms with Crippen LogP contribution in [0.1, 0.15) is 32.1 Å². The molecule has 0 heterocycles. The van der Waals surface area contributed by atoms with Crippen molar-refractivity contribution in [3.8, 4) is 0 Å². The Balaban J connectivity index is 2.63. The molecule has 1 aliphatic carbocycles. The van der Waals surface area contributed by atoms with Crippen molar-refractivity contribution in [3.63, 3.8) is 0 Å². The van der Waals surface area contributed by atoms with E-state index < -0.39 is 4.87 Å². The summed E-state index contributed by atoms with van der Waals surface area (Å²) in [4.78, 5) is 10.6. The van der Waals surface area contributed by atoms with Gasteiger partial charge in [-0.2, -0.15) is 0 Å². The van der Waals surface area contributed by atoms with E-state index in [1.807, 2.05) is 0 Å². The SMILES string of the molecule is C=CC(=O)C1(Cl)CCCCC1. The van der Waals surface area contributed by atoms with Crippen LogP contribution in [0.4, 0.5) is 0 Å². The van der Waals surface area contributed by atoms with Crippen LogP contribution in [0.15, 0.2) is 12.7 Å². The van der Waals surface area contributed by atoms with Crippen LogP contribution in [0.3, 0.4) is 0 Å². The summed E-state index contributed by atoms with van der Waals surface area (Å²) in [7, 11) is 0. The average molecular weight is 173 g/mol. The molecule has 0 aliphatic heterocycles. The molecule has 0 saturated heterocycles. The normalized spacial score (nSPS) is 22.6. The van der Waals surface area contributed by atoms with Crippen molar-refractivity contribution in [2.45, 2.75) is 37.0 Å². The van der Waals surface area contributed by atoms with Gasteiger partial charge < -0.3 is 0 Å². The molecule has 0 aromatic carbocycles. The highest BCUT2D eigenvalue weighted by atomic mass is 35.5. The topological polar surface area (TPSA) is 17.1 Å². The van der Waals surface area contributed by atoms with Crippen molar-refractivity contribution in [2.24, 2.45) is 0 Å². The van der Waals surface area contributed by atoms with Crippen molar-refractivity contribution in [1.82, 2.24) is 0 Å². The van der Waals surface area contributed by atoms with E-state index in [2.05, 4.69) is 6.58 Å². The molecule has 62 valence electrons. The number of ketones is 1. The molecule has 0 aromatic heterocycles. The van der Waals surface area contributed by atoms with Gasteiger partial charge in [0, 0.05) is 0 Å². The Kier molecular flexibility index (Phi) is 2.72. The molecule has 0 aromatic rings. The van der Waals surface area contributed by atoms with Crippen LogP contribution in [-0.4, -0.2) is 10.7 Å². The van der Waals surface area contributed by atoms with Crippen molar-refractivity contribution in [1.29, 1.82) is 0 Å². The van der Waals surface area contributed by atoms with Crippen molar-refractivity contribution < 1.29 is 4.79 Å². The van der Waals surface area contributed by atoms with Gasteiger partial charge in [-0.15, -0.1) is 11.6 Å². The van der Waals surface area contributed by atoms with Gasteiger partial charge in [0.25, 0.3) is 0 Å². The lowest BCUT2D eigenvalue weighted by Gasteiger charge is -2.28. The van der Waals surface area contributed by atoms with Crippen LogP contribution in [-0.2, 0) is 4.79 Å². The molecule has 1 aliphatic rings. The summed E-state index contributed by atoms with van der Waals surface area (Å²) < 4.78 is 0. The first-order chi connectivity index (χ1) is 5.19. The molecule has 1 rings (SSSR count). The molecular weight excluding hydrogens is 160 g/mol. The van der Waals surface area contributed by atoms with Gasteiger partial charge in [0.2, 0.25) is 0 Å². The van der Waals surface area contributed by atoms with Crippen LogP contribution in [0.5, 0.6) is 0 Å². The Morgan fingerprint density at radius 1 is 1.36 bits per heavy atom. The number of allylic oxidation sites excluding steroid dienone is 1. The number of alkyl halides is 1. The molecule has 1 fully saturated rings. The summed E-state index contributed by atoms with van der Waals surface area (Å²) in [6.07, 6.45) is 6.34. The van der Waals surface area contributed by atoms with Crippen molar-refractivity contribution >= 4 is 17.4 Å². The van der Waals surface area contributed by atoms with E-state index in [1.54, 1.807) is 0 Å². The first kappa shape index (κ1) is 8.79. The number of rotatable bonds is 2. The minimum atomic E-state index is -0.597. The third-order valence-corrected chi connectivity index (χ3v) is 2.84. The first-order valence-electron chi connectivity index (χ1n) is 4.05. The van der Waals surface area contributed by atoms with Crippen LogP contribution < -0.4 is 0 Å². The Morgan fingerprint density at radius 2 is 1.91 bits per heavy atom. The lowest BCUT2D eigenvalue weighted by Crippen LogP contribution is -2.33. The smallest absolute Gasteiger partial charge is 0.175 e. The highest BCUT2D eigenvalue weighted by molar-refractivity contribution is 6.36. The van der Waals surface area contributed by atoms with Gasteiger partial charge in [0.1, 0.15) is 4.87 Å². The minimum Gasteiger partial charge on any atom is -0.293 e. The van der Waals surface area contributed by atoms with Crippen molar-refractivity contribution in [2.75, 3.05) is 0 Å². The van der Waals surface area contributed by atoms with Crippen LogP contribution in [0, 0.1) is 0 Å². The number of hydrogen-bond acceptors (Lipinski definition) is 1. The van der Waals surface area contributed by atoms with E-state index in [0.29, 0.717) is 0 Å². The van der Waals surface area contributed by atoms with Gasteiger partial charge in [-0.25, -0.2) is 0 Å². The third-order valence-electron chi connectivity index (χ3n) is 2.27. The molecular formula is C9H13ClO. The Labute approximate surface area is 72.4 Å². The number of carbonyl (C=O) groups is 1. The molecule has 0 bridgehead atoms. The molecule has 11 heavy (non-hydrogen) atoms. The first-order valence-corrected chi connectivity index (χ1v) is 4.43. The van der Waals surface area contributed by atoms with Gasteiger partial charge in [-0.3, -0.25) is 4.79 Å². The van der Waals surface area contributed by atoms with Gasteiger partial charge in [-0.05, 0) is 18.9 Å². The quantitative estimate of drug-likeness (QED) is 0.463. The van der Waals surface area contributed by atoms with Gasteiger partial charge in [-0.1, -0.05) is 25.8 Å². The van der Waals surface area contributed by atoms with Gasteiger partial charge in [0.05, 0.1) is 0 Å². The summed E-state index contributed by atoms with van der Waals surface area (Å²) in [6, 6.07) is 0. The van der Waals surface area contributed by atoms with Crippen LogP contribution >= 0.6 is 11.6 Å². The maximum absolute atomic E-state index is 11.2. The summed E-state index contributed by atoms with van der Waals surface area (Å²) in [5.74, 6) is -0.00105. The highest BCUT2D eigenvalue weighted by Gasteiger charge is 2.34. The van der Waals surface area contributed by atoms with Crippen LogP contribution in [0.25, 0.3) is 0 Å². The van der Waals surface area contributed by atoms with Gasteiger partial charge in [0.15, 0.2) is 5.78 Å². The Morgan fingerprint density at radius 3 is 2.36 bits per heavy atom. The second-order valence-corrected chi connectivity index (χ2v) is 3.82. The Hall–Kier alpha value is -0.300. The molecule has 0 N–H and O–H groups in total. The zero-order valence-electron chi connectivity index (χ0n) is 6.61. The van der Waals surface area contributed by atoms with E-state index in [-0.39, 0.29) is 5.78 Å². The summed E-state index contributed by atoms with van der Waals surface area (Å²) in [6.45, 7) is 3.45. The van der Waals surface area contributed by atoms with E-state index in [4.69, 9.17) is 11.6 Å². The summed E-state index contributed by atoms with van der Waals surface area (Å²) in [5, 5.41) is 0. The zero-order valence-corrected chi connectivity index (χ0v) is 7.36. The molecule has 0 unspecified atom stereocenters. The van der Waals surface area contributed by atoms with E-state index in [1.165, 1.54) is 12.5 Å². The zero-order chi connectivity index (χ0) is 8.32. The molecule has 0 spiro atoms. The molecule has 0 amide bonds. The van der Waals surface area contributed by atoms with E-state index in [0.717, 1.165) is 25.7 Å². The highest BCUT2D eigenvalue weighted by Crippen LogP contribution is 2.34. The fourth-order valence-corrected chi connectivity index (χ4v) is 1.89. The molecule has 1 nitrogen and oxygen atoms in total. The number of carbonyl (C=O) groups excluding carboxylic acids is 1. The fraction of sp³-hybridized carbons (Fsp3) is 0.667. The second kappa shape index (κ2) is 3.40. The molecule has 0 atom stereocenters. The lowest BCUT2D eigenvalue weighted by molar-refractivity contribution is -0.117. The second-order valence-electron chi connectivity index (χ2n) is 3.09. The average Bonchev–Trinajstić information content (AvgIpc) is 2.04. The summed E-state index contributed by atoms with van der Waals surface area (Å²) in [5.41, 5.74) is 0. The maximum Gasteiger partial charge on any atom is 0.175 e. The minimum absolute atomic E-state index is 0.00105. The Bertz CT molecular complexity index is 168. The predicted octanol–water partition coefficient (Wildman–Crippen LogP) is 2.68. The van der Waals surface area contributed by atoms with E-state index in [9.17, 15) is 4.79 Å². The number of hydrogen-bond donors (Lipinski definition) is 0. The van der Waals surface area contributed by atoms with Crippen LogP contribution in [0.2, 0.25) is 0 Å². The molecule has 0 radical (unpaired) electrons. The lowest BCUT2D eigenvalue weighted by atomic mass is 9.85. The molecule has 2 heteroatoms. The molecule has 1 saturated carbocycles. The third kappa shape index (κ3) is 1.84. The largest absolute Gasteiger partial charge is 0.293 e. The summed E-state index contributed by atoms with van der Waals surface area (Å²) >= 11 is 6.10. The van der Waals surface area contributed by atoms with E-state index >= 15 is 0 Å².